The van der Waals surface area contributed by atoms with Gasteiger partial charge in [0, 0.05) is 60.5 Å². The second kappa shape index (κ2) is 11.3. The number of likely N-dealkylation sites (tertiary alicyclic amines) is 1. The number of fused-ring (bicyclic) bond motifs is 2. The summed E-state index contributed by atoms with van der Waals surface area (Å²) in [6, 6.07) is 13.6. The van der Waals surface area contributed by atoms with E-state index in [1.807, 2.05) is 13.0 Å². The molecule has 0 bridgehead atoms. The molecule has 3 N–H and O–H groups in total. The number of halogens is 1. The lowest BCUT2D eigenvalue weighted by Gasteiger charge is -2.33. The molecule has 10 nitrogen and oxygen atoms in total. The molecule has 232 valence electrons. The van der Waals surface area contributed by atoms with E-state index in [1.54, 1.807) is 36.2 Å². The van der Waals surface area contributed by atoms with Gasteiger partial charge in [-0.3, -0.25) is 9.59 Å². The Bertz CT molecular complexity index is 1930. The number of pyridine rings is 2. The van der Waals surface area contributed by atoms with Gasteiger partial charge in [0.1, 0.15) is 28.9 Å². The van der Waals surface area contributed by atoms with Crippen LogP contribution in [-0.4, -0.2) is 68.3 Å². The second-order valence-corrected chi connectivity index (χ2v) is 12.3. The highest BCUT2D eigenvalue weighted by molar-refractivity contribution is 5.96. The Morgan fingerprint density at radius 3 is 2.60 bits per heavy atom. The fraction of sp³-hybridized carbons (Fsp3) is 0.353. The van der Waals surface area contributed by atoms with E-state index < -0.39 is 12.2 Å². The van der Waals surface area contributed by atoms with Crippen molar-refractivity contribution in [3.63, 3.8) is 0 Å². The number of aromatic nitrogens is 4. The minimum absolute atomic E-state index is 0.0229. The molecule has 1 aliphatic heterocycles. The number of amides is 2. The Labute approximate surface area is 260 Å². The molecule has 2 atom stereocenters. The third-order valence-electron chi connectivity index (χ3n) is 8.80. The molecule has 0 spiro atoms. The molecule has 2 amide bonds. The molecule has 5 heterocycles. The summed E-state index contributed by atoms with van der Waals surface area (Å²) in [5, 5.41) is 8.82. The van der Waals surface area contributed by atoms with Crippen LogP contribution in [0.15, 0.2) is 54.9 Å². The van der Waals surface area contributed by atoms with Gasteiger partial charge in [-0.25, -0.2) is 13.9 Å². The van der Waals surface area contributed by atoms with Gasteiger partial charge in [-0.15, -0.1) is 0 Å². The van der Waals surface area contributed by atoms with Crippen molar-refractivity contribution in [2.75, 3.05) is 25.5 Å². The molecule has 1 saturated carbocycles. The summed E-state index contributed by atoms with van der Waals surface area (Å²) < 4.78 is 24.1. The molecule has 45 heavy (non-hydrogen) atoms. The predicted octanol–water partition coefficient (Wildman–Crippen LogP) is 5.21. The van der Waals surface area contributed by atoms with E-state index in [0.717, 1.165) is 51.0 Å². The minimum Gasteiger partial charge on any atom is -0.494 e. The SMILES string of the molecule is COc1cc(C(=O)N2C[C@H](N)C[C@@H](F)C2)cn2nc(-c3cc4ccc(-c5ccc(NC(C)=O)nc5)cc4n3CC3CC3)c(C)c12. The summed E-state index contributed by atoms with van der Waals surface area (Å²) in [4.78, 5) is 30.8. The maximum atomic E-state index is 14.3. The zero-order valence-electron chi connectivity index (χ0n) is 25.6. The number of nitrogens with two attached hydrogens (primary N) is 1. The van der Waals surface area contributed by atoms with E-state index in [2.05, 4.69) is 39.1 Å². The molecule has 7 rings (SSSR count). The fourth-order valence-corrected chi connectivity index (χ4v) is 6.43. The molecule has 4 aromatic heterocycles. The number of carbonyl (C=O) groups is 2. The van der Waals surface area contributed by atoms with Crippen LogP contribution < -0.4 is 15.8 Å². The van der Waals surface area contributed by atoms with Gasteiger partial charge in [0.15, 0.2) is 0 Å². The van der Waals surface area contributed by atoms with E-state index in [9.17, 15) is 14.0 Å². The number of nitrogens with one attached hydrogen (secondary N) is 1. The number of methoxy groups -OCH3 is 1. The molecule has 5 aromatic rings. The number of hydrogen-bond acceptors (Lipinski definition) is 6. The van der Waals surface area contributed by atoms with Crippen LogP contribution in [0.25, 0.3) is 38.9 Å². The van der Waals surface area contributed by atoms with E-state index in [1.165, 1.54) is 24.7 Å². The van der Waals surface area contributed by atoms with Crippen molar-refractivity contribution in [3.8, 4) is 28.3 Å². The van der Waals surface area contributed by atoms with Crippen LogP contribution in [0.3, 0.4) is 0 Å². The molecule has 1 aromatic carbocycles. The van der Waals surface area contributed by atoms with Crippen LogP contribution in [-0.2, 0) is 11.3 Å². The maximum absolute atomic E-state index is 14.3. The van der Waals surface area contributed by atoms with Crippen molar-refractivity contribution in [3.05, 3.63) is 66.0 Å². The zero-order chi connectivity index (χ0) is 31.4. The summed E-state index contributed by atoms with van der Waals surface area (Å²) >= 11 is 0. The van der Waals surface area contributed by atoms with E-state index >= 15 is 0 Å². The second-order valence-electron chi connectivity index (χ2n) is 12.3. The number of alkyl halides is 1. The number of anilines is 1. The fourth-order valence-electron chi connectivity index (χ4n) is 6.43. The molecule has 0 unspecified atom stereocenters. The van der Waals surface area contributed by atoms with Gasteiger partial charge in [-0.2, -0.15) is 5.10 Å². The largest absolute Gasteiger partial charge is 0.494 e. The van der Waals surface area contributed by atoms with Gasteiger partial charge in [-0.1, -0.05) is 12.1 Å². The number of piperidine rings is 1. The molecule has 1 aliphatic carbocycles. The van der Waals surface area contributed by atoms with E-state index in [0.29, 0.717) is 29.6 Å². The highest BCUT2D eigenvalue weighted by Crippen LogP contribution is 2.39. The van der Waals surface area contributed by atoms with Gasteiger partial charge in [0.2, 0.25) is 5.91 Å². The third-order valence-corrected chi connectivity index (χ3v) is 8.80. The molecule has 1 saturated heterocycles. The molecule has 2 aliphatic rings. The monoisotopic (exact) mass is 609 g/mol. The van der Waals surface area contributed by atoms with Crippen molar-refractivity contribution in [2.24, 2.45) is 11.7 Å². The van der Waals surface area contributed by atoms with Crippen molar-refractivity contribution in [2.45, 2.75) is 51.9 Å². The minimum atomic E-state index is -1.14. The summed E-state index contributed by atoms with van der Waals surface area (Å²) in [6.45, 7) is 4.68. The number of nitrogens with zero attached hydrogens (tertiary/aromatic N) is 5. The summed E-state index contributed by atoms with van der Waals surface area (Å²) in [5.74, 6) is 1.19. The van der Waals surface area contributed by atoms with Crippen molar-refractivity contribution in [1.82, 2.24) is 24.1 Å². The lowest BCUT2D eigenvalue weighted by atomic mass is 10.0. The number of rotatable bonds is 7. The lowest BCUT2D eigenvalue weighted by molar-refractivity contribution is -0.114. The normalized spacial score (nSPS) is 18.5. The standard InChI is InChI=1S/C34H36FN7O3/c1-19-32(39-42-16-25(12-30(45-3)33(19)42)34(44)40-17-26(35)13-27(36)18-40)29-11-23-7-6-22(10-28(23)41(29)15-21-4-5-21)24-8-9-31(37-14-24)38-20(2)43/h6-12,14,16,21,26-27H,4-5,13,15,17-18,36H2,1-3H3,(H,37,38,43)/t26-,27-/m1/s1. The maximum Gasteiger partial charge on any atom is 0.255 e. The smallest absolute Gasteiger partial charge is 0.255 e. The Morgan fingerprint density at radius 1 is 1.11 bits per heavy atom. The highest BCUT2D eigenvalue weighted by atomic mass is 19.1. The first-order valence-corrected chi connectivity index (χ1v) is 15.3. The van der Waals surface area contributed by atoms with Crippen LogP contribution >= 0.6 is 0 Å². The van der Waals surface area contributed by atoms with Crippen molar-refractivity contribution < 1.29 is 18.7 Å². The van der Waals surface area contributed by atoms with Crippen molar-refractivity contribution >= 4 is 34.1 Å². The molecule has 2 fully saturated rings. The van der Waals surface area contributed by atoms with Crippen molar-refractivity contribution in [1.29, 1.82) is 0 Å². The van der Waals surface area contributed by atoms with Crippen LogP contribution in [0.1, 0.15) is 42.1 Å². The number of aryl methyl sites for hydroxylation is 1. The number of hydrogen-bond donors (Lipinski definition) is 2. The van der Waals surface area contributed by atoms with Gasteiger partial charge in [-0.05, 0) is 68.0 Å². The van der Waals surface area contributed by atoms with Gasteiger partial charge < -0.3 is 25.3 Å². The van der Waals surface area contributed by atoms with Gasteiger partial charge in [0.25, 0.3) is 5.91 Å². The lowest BCUT2D eigenvalue weighted by Crippen LogP contribution is -2.50. The Kier molecular flexibility index (Phi) is 7.27. The topological polar surface area (TPSA) is 120 Å². The van der Waals surface area contributed by atoms with Crippen LogP contribution in [0, 0.1) is 12.8 Å². The van der Waals surface area contributed by atoms with Crippen LogP contribution in [0.5, 0.6) is 5.75 Å². The number of benzene rings is 1. The Balaban J connectivity index is 1.30. The molecular weight excluding hydrogens is 573 g/mol. The quantitative estimate of drug-likeness (QED) is 0.261. The van der Waals surface area contributed by atoms with Gasteiger partial charge >= 0.3 is 0 Å². The predicted molar refractivity (Wildman–Crippen MR) is 171 cm³/mol. The Morgan fingerprint density at radius 2 is 1.91 bits per heavy atom. The van der Waals surface area contributed by atoms with Crippen LogP contribution in [0.4, 0.5) is 10.2 Å². The Hall–Kier alpha value is -4.77. The summed E-state index contributed by atoms with van der Waals surface area (Å²) in [7, 11) is 1.58. The summed E-state index contributed by atoms with van der Waals surface area (Å²) in [6.07, 6.45) is 4.96. The molecule has 11 heteroatoms. The number of ether oxygens (including phenoxy) is 1. The first-order chi connectivity index (χ1) is 21.7. The average molecular weight is 610 g/mol. The third kappa shape index (κ3) is 5.52. The molecule has 0 radical (unpaired) electrons. The first-order valence-electron chi connectivity index (χ1n) is 15.3. The zero-order valence-corrected chi connectivity index (χ0v) is 25.6. The summed E-state index contributed by atoms with van der Waals surface area (Å²) in [5.41, 5.74) is 13.0. The average Bonchev–Trinajstić information content (AvgIpc) is 3.69. The highest BCUT2D eigenvalue weighted by Gasteiger charge is 2.30. The molecular formula is C34H36FN7O3. The van der Waals surface area contributed by atoms with Gasteiger partial charge in [0.05, 0.1) is 24.9 Å². The van der Waals surface area contributed by atoms with E-state index in [4.69, 9.17) is 15.6 Å². The number of carbonyl (C=O) groups excluding carboxylic acids is 2. The first kappa shape index (κ1) is 29.0. The van der Waals surface area contributed by atoms with Crippen LogP contribution in [0.2, 0.25) is 0 Å². The van der Waals surface area contributed by atoms with E-state index in [-0.39, 0.29) is 24.8 Å².